The van der Waals surface area contributed by atoms with Crippen LogP contribution < -0.4 is 4.90 Å². The van der Waals surface area contributed by atoms with Crippen LogP contribution in [0.3, 0.4) is 0 Å². The van der Waals surface area contributed by atoms with Crippen molar-refractivity contribution in [3.8, 4) is 11.8 Å². The largest absolute Gasteiger partial charge is 0.477 e. The van der Waals surface area contributed by atoms with E-state index in [1.54, 1.807) is 11.0 Å². The van der Waals surface area contributed by atoms with Gasteiger partial charge in [-0.2, -0.15) is 0 Å². The number of piperidine rings is 1. The summed E-state index contributed by atoms with van der Waals surface area (Å²) in [7, 11) is -3.15. The standard InChI is InChI=1S/C29H42N2O7S2/c1-19-5-7-20(8-6-19)26(32)31(24-17-23(9-13-29(2,3)4)39-25(24)27(33)34)21-10-14-30(15-11-21)28(35)38-22-12-16-40(36,37)18-22/h17,19-22,26,32H,5-8,10-12,14-16,18H2,1-4H3,(H,33,34). The number of aliphatic hydroxyl groups excluding tert-OH is 1. The highest BCUT2D eigenvalue weighted by atomic mass is 32.2. The number of aliphatic hydroxyl groups is 1. The minimum absolute atomic E-state index is 0.0224. The molecule has 222 valence electrons. The highest BCUT2D eigenvalue weighted by Gasteiger charge is 2.39. The van der Waals surface area contributed by atoms with Gasteiger partial charge in [-0.05, 0) is 64.9 Å². The van der Waals surface area contributed by atoms with Gasteiger partial charge in [-0.15, -0.1) is 11.3 Å². The molecular formula is C29H42N2O7S2. The Labute approximate surface area is 241 Å². The van der Waals surface area contributed by atoms with Gasteiger partial charge < -0.3 is 24.7 Å². The topological polar surface area (TPSA) is 124 Å². The lowest BCUT2D eigenvalue weighted by molar-refractivity contribution is 0.0480. The second-order valence-electron chi connectivity index (χ2n) is 12.6. The van der Waals surface area contributed by atoms with Gasteiger partial charge in [-0.1, -0.05) is 31.6 Å². The minimum Gasteiger partial charge on any atom is -0.477 e. The second-order valence-corrected chi connectivity index (χ2v) is 15.9. The van der Waals surface area contributed by atoms with E-state index < -0.39 is 34.2 Å². The van der Waals surface area contributed by atoms with Crippen LogP contribution in [-0.4, -0.2) is 78.6 Å². The normalized spacial score (nSPS) is 26.0. The third-order valence-corrected chi connectivity index (χ3v) is 10.9. The first-order valence-corrected chi connectivity index (χ1v) is 16.9. The number of ether oxygens (including phenoxy) is 1. The number of anilines is 1. The molecule has 1 saturated carbocycles. The number of carbonyl (C=O) groups excluding carboxylic acids is 1. The molecule has 11 heteroatoms. The third kappa shape index (κ3) is 7.71. The molecule has 40 heavy (non-hydrogen) atoms. The molecule has 0 spiro atoms. The Balaban J connectivity index is 1.56. The van der Waals surface area contributed by atoms with Crippen molar-refractivity contribution in [2.24, 2.45) is 17.3 Å². The van der Waals surface area contributed by atoms with Crippen molar-refractivity contribution in [3.05, 3.63) is 15.8 Å². The number of sulfone groups is 1. The van der Waals surface area contributed by atoms with Crippen LogP contribution in [0.25, 0.3) is 0 Å². The Morgan fingerprint density at radius 2 is 1.77 bits per heavy atom. The molecule has 0 aromatic carbocycles. The summed E-state index contributed by atoms with van der Waals surface area (Å²) in [6.45, 7) is 8.96. The van der Waals surface area contributed by atoms with Gasteiger partial charge in [0.05, 0.1) is 22.1 Å². The third-order valence-electron chi connectivity index (χ3n) is 8.09. The molecule has 3 aliphatic rings. The fourth-order valence-corrected chi connectivity index (χ4v) is 8.24. The fourth-order valence-electron chi connectivity index (χ4n) is 5.80. The summed E-state index contributed by atoms with van der Waals surface area (Å²) in [6.07, 6.45) is 3.18. The molecule has 1 aromatic rings. The zero-order valence-corrected chi connectivity index (χ0v) is 25.5. The molecule has 3 fully saturated rings. The second kappa shape index (κ2) is 12.3. The fraction of sp³-hybridized carbons (Fsp3) is 0.724. The SMILES string of the molecule is CC1CCC(C(O)N(c2cc(C#CC(C)(C)C)sc2C(=O)O)C2CCN(C(=O)OC3CCS(=O)(=O)C3)CC2)CC1. The zero-order chi connectivity index (χ0) is 29.2. The molecule has 9 nitrogen and oxygen atoms in total. The van der Waals surface area contributed by atoms with E-state index in [9.17, 15) is 28.2 Å². The molecule has 2 saturated heterocycles. The summed E-state index contributed by atoms with van der Waals surface area (Å²) >= 11 is 1.13. The number of carboxylic acids is 1. The van der Waals surface area contributed by atoms with Crippen LogP contribution in [0, 0.1) is 29.1 Å². The number of nitrogens with zero attached hydrogens (tertiary/aromatic N) is 2. The van der Waals surface area contributed by atoms with E-state index in [-0.39, 0.29) is 33.8 Å². The average molecular weight is 595 g/mol. The number of likely N-dealkylation sites (tertiary alicyclic amines) is 1. The lowest BCUT2D eigenvalue weighted by Crippen LogP contribution is -2.53. The first kappa shape index (κ1) is 30.7. The van der Waals surface area contributed by atoms with Crippen LogP contribution in [0.1, 0.15) is 87.2 Å². The van der Waals surface area contributed by atoms with Crippen LogP contribution in [0.2, 0.25) is 0 Å². The molecule has 3 heterocycles. The van der Waals surface area contributed by atoms with Gasteiger partial charge in [0.2, 0.25) is 0 Å². The van der Waals surface area contributed by atoms with Crippen LogP contribution in [0.4, 0.5) is 10.5 Å². The number of hydrogen-bond acceptors (Lipinski definition) is 8. The number of rotatable bonds is 6. The summed E-state index contributed by atoms with van der Waals surface area (Å²) in [5, 5.41) is 21.9. The van der Waals surface area contributed by atoms with Gasteiger partial charge in [-0.25, -0.2) is 18.0 Å². The number of hydrogen-bond donors (Lipinski definition) is 2. The van der Waals surface area contributed by atoms with E-state index in [4.69, 9.17) is 4.74 Å². The first-order valence-electron chi connectivity index (χ1n) is 14.2. The van der Waals surface area contributed by atoms with Crippen LogP contribution in [0.5, 0.6) is 0 Å². The molecule has 2 aliphatic heterocycles. The predicted molar refractivity (Wildman–Crippen MR) is 155 cm³/mol. The molecule has 1 amide bonds. The first-order chi connectivity index (χ1) is 18.7. The van der Waals surface area contributed by atoms with E-state index in [1.807, 2.05) is 25.7 Å². The van der Waals surface area contributed by atoms with Crippen molar-refractivity contribution in [1.29, 1.82) is 0 Å². The Bertz CT molecular complexity index is 1240. The van der Waals surface area contributed by atoms with E-state index in [1.165, 1.54) is 0 Å². The summed E-state index contributed by atoms with van der Waals surface area (Å²) in [4.78, 5) is 29.4. The Kier molecular flexibility index (Phi) is 9.42. The number of carboxylic acid groups (broad SMARTS) is 1. The smallest absolute Gasteiger partial charge is 0.410 e. The maximum absolute atomic E-state index is 12.8. The van der Waals surface area contributed by atoms with Crippen molar-refractivity contribution in [2.45, 2.75) is 91.0 Å². The zero-order valence-electron chi connectivity index (χ0n) is 23.9. The van der Waals surface area contributed by atoms with Crippen molar-refractivity contribution in [1.82, 2.24) is 4.90 Å². The Morgan fingerprint density at radius 1 is 1.12 bits per heavy atom. The number of thiophene rings is 1. The maximum atomic E-state index is 12.8. The predicted octanol–water partition coefficient (Wildman–Crippen LogP) is 4.58. The highest BCUT2D eigenvalue weighted by Crippen LogP contribution is 2.39. The van der Waals surface area contributed by atoms with Gasteiger partial charge >= 0.3 is 12.1 Å². The maximum Gasteiger partial charge on any atom is 0.410 e. The number of aromatic carboxylic acids is 1. The van der Waals surface area contributed by atoms with E-state index >= 15 is 0 Å². The summed E-state index contributed by atoms with van der Waals surface area (Å²) in [5.74, 6) is 5.79. The molecule has 2 atom stereocenters. The molecule has 0 bridgehead atoms. The minimum atomic E-state index is -3.15. The number of carbonyl (C=O) groups is 2. The monoisotopic (exact) mass is 594 g/mol. The van der Waals surface area contributed by atoms with Gasteiger partial charge in [0.25, 0.3) is 0 Å². The Hall–Kier alpha value is -2.29. The van der Waals surface area contributed by atoms with E-state index in [2.05, 4.69) is 18.8 Å². The van der Waals surface area contributed by atoms with Crippen LogP contribution >= 0.6 is 11.3 Å². The lowest BCUT2D eigenvalue weighted by Gasteiger charge is -2.45. The van der Waals surface area contributed by atoms with Gasteiger partial charge in [0.15, 0.2) is 9.84 Å². The van der Waals surface area contributed by atoms with Gasteiger partial charge in [-0.3, -0.25) is 0 Å². The van der Waals surface area contributed by atoms with E-state index in [0.717, 1.165) is 37.0 Å². The lowest BCUT2D eigenvalue weighted by atomic mass is 9.81. The van der Waals surface area contributed by atoms with E-state index in [0.29, 0.717) is 48.8 Å². The van der Waals surface area contributed by atoms with Crippen LogP contribution in [-0.2, 0) is 14.6 Å². The molecule has 1 aliphatic carbocycles. The summed E-state index contributed by atoms with van der Waals surface area (Å²) in [6, 6.07) is 1.62. The molecular weight excluding hydrogens is 552 g/mol. The van der Waals surface area contributed by atoms with Crippen molar-refractivity contribution >= 4 is 38.9 Å². The quantitative estimate of drug-likeness (QED) is 0.362. The van der Waals surface area contributed by atoms with Gasteiger partial charge in [0.1, 0.15) is 17.2 Å². The summed E-state index contributed by atoms with van der Waals surface area (Å²) in [5.41, 5.74) is 0.245. The van der Waals surface area contributed by atoms with Crippen molar-refractivity contribution in [2.75, 3.05) is 29.5 Å². The molecule has 2 N–H and O–H groups in total. The summed E-state index contributed by atoms with van der Waals surface area (Å²) < 4.78 is 29.0. The molecule has 4 rings (SSSR count). The average Bonchev–Trinajstić information content (AvgIpc) is 3.46. The van der Waals surface area contributed by atoms with Crippen LogP contribution in [0.15, 0.2) is 6.07 Å². The molecule has 2 unspecified atom stereocenters. The van der Waals surface area contributed by atoms with Crippen molar-refractivity contribution < 1.29 is 33.0 Å². The van der Waals surface area contributed by atoms with Gasteiger partial charge in [0, 0.05) is 30.5 Å². The Morgan fingerprint density at radius 3 is 2.33 bits per heavy atom. The van der Waals surface area contributed by atoms with Crippen molar-refractivity contribution in [3.63, 3.8) is 0 Å². The molecule has 0 radical (unpaired) electrons. The highest BCUT2D eigenvalue weighted by molar-refractivity contribution is 7.91. The number of amides is 1. The molecule has 1 aromatic heterocycles.